The Labute approximate surface area is 216 Å². The first-order valence-corrected chi connectivity index (χ1v) is 12.1. The number of hydrogen-bond acceptors (Lipinski definition) is 5. The van der Waals surface area contributed by atoms with Gasteiger partial charge in [0.2, 0.25) is 0 Å². The number of hydrogen-bond donors (Lipinski definition) is 0. The van der Waals surface area contributed by atoms with Gasteiger partial charge in [-0.25, -0.2) is 4.79 Å². The summed E-state index contributed by atoms with van der Waals surface area (Å²) in [5.74, 6) is 1.07. The summed E-state index contributed by atoms with van der Waals surface area (Å²) in [5.41, 5.74) is 4.36. The van der Waals surface area contributed by atoms with E-state index in [1.165, 1.54) is 0 Å². The Balaban J connectivity index is 1.89. The summed E-state index contributed by atoms with van der Waals surface area (Å²) < 4.78 is 22.7. The first kappa shape index (κ1) is 25.5. The van der Waals surface area contributed by atoms with Crippen molar-refractivity contribution in [3.8, 4) is 22.6 Å². The monoisotopic (exact) mass is 504 g/mol. The summed E-state index contributed by atoms with van der Waals surface area (Å²) >= 11 is 6.20. The lowest BCUT2D eigenvalue weighted by Gasteiger charge is -2.24. The molecule has 0 radical (unpaired) electrons. The second-order valence-electron chi connectivity index (χ2n) is 8.34. The van der Waals surface area contributed by atoms with Gasteiger partial charge in [0.05, 0.1) is 27.4 Å². The number of methoxy groups -OCH3 is 2. The van der Waals surface area contributed by atoms with Gasteiger partial charge >= 0.3 is 5.97 Å². The van der Waals surface area contributed by atoms with Crippen LogP contribution in [0.1, 0.15) is 29.7 Å². The van der Waals surface area contributed by atoms with Gasteiger partial charge in [0.1, 0.15) is 11.5 Å². The van der Waals surface area contributed by atoms with Gasteiger partial charge in [0.25, 0.3) is 0 Å². The van der Waals surface area contributed by atoms with Gasteiger partial charge in [-0.2, -0.15) is 0 Å². The highest BCUT2D eigenvalue weighted by Gasteiger charge is 2.30. The number of ether oxygens (including phenoxy) is 4. The fourth-order valence-corrected chi connectivity index (χ4v) is 4.51. The van der Waals surface area contributed by atoms with Crippen LogP contribution in [0.3, 0.4) is 0 Å². The quantitative estimate of drug-likeness (QED) is 0.224. The minimum atomic E-state index is -0.937. The molecular weight excluding hydrogens is 476 g/mol. The van der Waals surface area contributed by atoms with Crippen LogP contribution in [0.2, 0.25) is 5.02 Å². The van der Waals surface area contributed by atoms with Crippen molar-refractivity contribution in [1.29, 1.82) is 0 Å². The summed E-state index contributed by atoms with van der Waals surface area (Å²) in [5, 5.41) is 2.52. The third-order valence-corrected chi connectivity index (χ3v) is 6.33. The van der Waals surface area contributed by atoms with E-state index in [1.807, 2.05) is 79.7 Å². The molecule has 4 rings (SSSR count). The summed E-state index contributed by atoms with van der Waals surface area (Å²) in [7, 11) is 3.28. The van der Waals surface area contributed by atoms with Gasteiger partial charge < -0.3 is 18.9 Å². The molecule has 0 aromatic heterocycles. The third kappa shape index (κ3) is 5.32. The molecule has 4 aromatic carbocycles. The molecule has 0 saturated heterocycles. The predicted molar refractivity (Wildman–Crippen MR) is 143 cm³/mol. The lowest BCUT2D eigenvalue weighted by Crippen LogP contribution is -2.21. The van der Waals surface area contributed by atoms with E-state index in [2.05, 4.69) is 0 Å². The molecule has 0 heterocycles. The fraction of sp³-hybridized carbons (Fsp3) is 0.233. The third-order valence-electron chi connectivity index (χ3n) is 6.08. The number of carbonyl (C=O) groups excluding carboxylic acids is 1. The molecule has 1 atom stereocenters. The second kappa shape index (κ2) is 11.5. The molecule has 4 aromatic rings. The van der Waals surface area contributed by atoms with E-state index in [0.717, 1.165) is 50.1 Å². The minimum Gasteiger partial charge on any atom is -0.497 e. The van der Waals surface area contributed by atoms with Crippen molar-refractivity contribution < 1.29 is 23.7 Å². The van der Waals surface area contributed by atoms with E-state index in [4.69, 9.17) is 30.5 Å². The molecule has 5 nitrogen and oxygen atoms in total. The highest BCUT2D eigenvalue weighted by atomic mass is 35.5. The predicted octanol–water partition coefficient (Wildman–Crippen LogP) is 7.31. The molecule has 1 unspecified atom stereocenters. The Kier molecular flexibility index (Phi) is 8.14. The smallest absolute Gasteiger partial charge is 0.339 e. The van der Waals surface area contributed by atoms with Gasteiger partial charge in [0.15, 0.2) is 6.10 Å². The first-order valence-electron chi connectivity index (χ1n) is 11.7. The first-order chi connectivity index (χ1) is 17.5. The van der Waals surface area contributed by atoms with Crippen LogP contribution in [0.25, 0.3) is 21.9 Å². The summed E-state index contributed by atoms with van der Waals surface area (Å²) in [6.45, 7) is 4.24. The summed E-state index contributed by atoms with van der Waals surface area (Å²) in [4.78, 5) is 13.3. The number of benzene rings is 4. The maximum Gasteiger partial charge on any atom is 0.339 e. The van der Waals surface area contributed by atoms with Crippen LogP contribution in [-0.2, 0) is 20.9 Å². The number of rotatable bonds is 9. The van der Waals surface area contributed by atoms with E-state index >= 15 is 0 Å². The molecule has 0 N–H and O–H groups in total. The van der Waals surface area contributed by atoms with Crippen molar-refractivity contribution in [2.75, 3.05) is 20.8 Å². The molecule has 0 spiro atoms. The average molecular weight is 505 g/mol. The van der Waals surface area contributed by atoms with Crippen LogP contribution in [0, 0.1) is 6.92 Å². The van der Waals surface area contributed by atoms with Crippen molar-refractivity contribution in [2.24, 2.45) is 0 Å². The van der Waals surface area contributed by atoms with E-state index < -0.39 is 12.1 Å². The Morgan fingerprint density at radius 1 is 0.917 bits per heavy atom. The number of aryl methyl sites for hydroxylation is 1. The van der Waals surface area contributed by atoms with Crippen molar-refractivity contribution >= 4 is 28.3 Å². The van der Waals surface area contributed by atoms with Crippen LogP contribution >= 0.6 is 11.6 Å². The van der Waals surface area contributed by atoms with E-state index in [9.17, 15) is 4.79 Å². The number of fused-ring (bicyclic) bond motifs is 1. The van der Waals surface area contributed by atoms with Crippen molar-refractivity contribution in [2.45, 2.75) is 26.6 Å². The molecule has 0 aliphatic carbocycles. The van der Waals surface area contributed by atoms with Crippen molar-refractivity contribution in [3.63, 3.8) is 0 Å². The summed E-state index contributed by atoms with van der Waals surface area (Å²) in [6, 6.07) is 23.1. The van der Waals surface area contributed by atoms with Gasteiger partial charge in [-0.05, 0) is 77.9 Å². The Hall–Kier alpha value is -3.54. The number of carbonyl (C=O) groups is 1. The minimum absolute atomic E-state index is 0.225. The lowest BCUT2D eigenvalue weighted by molar-refractivity contribution is -0.158. The van der Waals surface area contributed by atoms with Gasteiger partial charge in [-0.3, -0.25) is 0 Å². The van der Waals surface area contributed by atoms with Gasteiger partial charge in [0, 0.05) is 16.0 Å². The zero-order valence-electron chi connectivity index (χ0n) is 20.8. The Bertz CT molecular complexity index is 1350. The van der Waals surface area contributed by atoms with Gasteiger partial charge in [-0.1, -0.05) is 48.0 Å². The maximum absolute atomic E-state index is 13.3. The normalized spacial score (nSPS) is 11.8. The SMILES string of the molecule is CCOC(=O)C(OCc1ccc(OC)cc1)c1c(C)cc2c(OC)cccc2c1-c1ccc(Cl)cc1. The Morgan fingerprint density at radius 3 is 2.28 bits per heavy atom. The van der Waals surface area contributed by atoms with Crippen molar-refractivity contribution in [1.82, 2.24) is 0 Å². The number of halogens is 1. The van der Waals surface area contributed by atoms with Crippen LogP contribution in [0.15, 0.2) is 72.8 Å². The zero-order valence-corrected chi connectivity index (χ0v) is 21.6. The largest absolute Gasteiger partial charge is 0.497 e. The molecule has 0 saturated carbocycles. The summed E-state index contributed by atoms with van der Waals surface area (Å²) in [6.07, 6.45) is -0.937. The molecule has 0 aliphatic rings. The second-order valence-corrected chi connectivity index (χ2v) is 8.77. The van der Waals surface area contributed by atoms with Crippen LogP contribution in [-0.4, -0.2) is 26.8 Å². The van der Waals surface area contributed by atoms with Crippen LogP contribution < -0.4 is 9.47 Å². The standard InChI is InChI=1S/C30H29ClO5/c1-5-35-30(32)29(36-18-20-9-15-23(33-3)16-10-20)27-19(2)17-25-24(7-6-8-26(25)34-4)28(27)21-11-13-22(31)14-12-21/h6-17,29H,5,18H2,1-4H3. The highest BCUT2D eigenvalue weighted by molar-refractivity contribution is 6.30. The topological polar surface area (TPSA) is 54.0 Å². The molecule has 0 aliphatic heterocycles. The van der Waals surface area contributed by atoms with Crippen LogP contribution in [0.5, 0.6) is 11.5 Å². The van der Waals surface area contributed by atoms with E-state index in [1.54, 1.807) is 21.1 Å². The van der Waals surface area contributed by atoms with E-state index in [-0.39, 0.29) is 13.2 Å². The molecule has 0 fully saturated rings. The highest BCUT2D eigenvalue weighted by Crippen LogP contribution is 2.42. The van der Waals surface area contributed by atoms with E-state index in [0.29, 0.717) is 5.02 Å². The maximum atomic E-state index is 13.3. The van der Waals surface area contributed by atoms with Crippen LogP contribution in [0.4, 0.5) is 0 Å². The fourth-order valence-electron chi connectivity index (χ4n) is 4.38. The average Bonchev–Trinajstić information content (AvgIpc) is 2.89. The molecule has 6 heteroatoms. The number of esters is 1. The molecule has 36 heavy (non-hydrogen) atoms. The molecule has 0 amide bonds. The Morgan fingerprint density at radius 2 is 1.64 bits per heavy atom. The van der Waals surface area contributed by atoms with Gasteiger partial charge in [-0.15, -0.1) is 0 Å². The lowest BCUT2D eigenvalue weighted by atomic mass is 9.87. The molecule has 186 valence electrons. The van der Waals surface area contributed by atoms with Crippen molar-refractivity contribution in [3.05, 3.63) is 94.5 Å². The molecular formula is C30H29ClO5. The molecule has 0 bridgehead atoms. The zero-order chi connectivity index (χ0) is 25.7.